The number of hydrogen-bond donors (Lipinski definition) is 2. The van der Waals surface area contributed by atoms with Crippen LogP contribution in [0, 0.1) is 6.92 Å². The third kappa shape index (κ3) is 2.40. The van der Waals surface area contributed by atoms with Gasteiger partial charge in [0.25, 0.3) is 0 Å². The van der Waals surface area contributed by atoms with Gasteiger partial charge in [-0.25, -0.2) is 9.78 Å². The number of nitrogens with one attached hydrogen (secondary N) is 1. The van der Waals surface area contributed by atoms with E-state index < -0.39 is 5.97 Å². The summed E-state index contributed by atoms with van der Waals surface area (Å²) in [5, 5.41) is 13.5. The van der Waals surface area contributed by atoms with Crippen molar-refractivity contribution in [3.8, 4) is 11.5 Å². The van der Waals surface area contributed by atoms with E-state index in [1.807, 2.05) is 17.7 Å². The Morgan fingerprint density at radius 1 is 1.38 bits per heavy atom. The van der Waals surface area contributed by atoms with Crippen molar-refractivity contribution in [2.24, 2.45) is 0 Å². The van der Waals surface area contributed by atoms with Crippen molar-refractivity contribution >= 4 is 17.0 Å². The maximum absolute atomic E-state index is 11.0. The predicted molar refractivity (Wildman–Crippen MR) is 79.3 cm³/mol. The molecule has 2 heterocycles. The molecular formula is C15H16N4O2. The van der Waals surface area contributed by atoms with E-state index in [1.54, 1.807) is 18.2 Å². The normalized spacial score (nSPS) is 11.1. The lowest BCUT2D eigenvalue weighted by atomic mass is 10.2. The van der Waals surface area contributed by atoms with Gasteiger partial charge in [0.2, 0.25) is 0 Å². The third-order valence-electron chi connectivity index (χ3n) is 3.31. The molecule has 3 rings (SSSR count). The van der Waals surface area contributed by atoms with Crippen molar-refractivity contribution in [2.45, 2.75) is 26.8 Å². The van der Waals surface area contributed by atoms with E-state index in [0.29, 0.717) is 11.3 Å². The fourth-order valence-electron chi connectivity index (χ4n) is 2.38. The van der Waals surface area contributed by atoms with E-state index in [-0.39, 0.29) is 5.56 Å². The van der Waals surface area contributed by atoms with Gasteiger partial charge >= 0.3 is 5.97 Å². The van der Waals surface area contributed by atoms with Crippen LogP contribution in [-0.4, -0.2) is 30.8 Å². The van der Waals surface area contributed by atoms with Gasteiger partial charge in [0.1, 0.15) is 5.69 Å². The van der Waals surface area contributed by atoms with E-state index in [9.17, 15) is 4.79 Å². The highest BCUT2D eigenvalue weighted by Gasteiger charge is 2.13. The van der Waals surface area contributed by atoms with Crippen molar-refractivity contribution in [2.75, 3.05) is 0 Å². The molecule has 6 nitrogen and oxygen atoms in total. The maximum atomic E-state index is 11.0. The number of rotatable bonds is 4. The van der Waals surface area contributed by atoms with Crippen LogP contribution in [0.3, 0.4) is 0 Å². The molecule has 21 heavy (non-hydrogen) atoms. The summed E-state index contributed by atoms with van der Waals surface area (Å²) < 4.78 is 1.92. The number of aromatic carboxylic acids is 1. The van der Waals surface area contributed by atoms with Crippen LogP contribution in [0.4, 0.5) is 0 Å². The van der Waals surface area contributed by atoms with E-state index in [2.05, 4.69) is 22.0 Å². The highest BCUT2D eigenvalue weighted by molar-refractivity contribution is 5.92. The van der Waals surface area contributed by atoms with Crippen molar-refractivity contribution in [1.29, 1.82) is 0 Å². The second-order valence-corrected chi connectivity index (χ2v) is 5.02. The number of H-pyrrole nitrogens is 1. The minimum Gasteiger partial charge on any atom is -0.478 e. The Morgan fingerprint density at radius 3 is 2.90 bits per heavy atom. The molecule has 0 aliphatic heterocycles. The molecule has 0 aliphatic rings. The molecule has 0 spiro atoms. The SMILES string of the molecule is CCCn1nc(C)cc1-c1nc2ccc(C(=O)O)cc2[nH]1. The number of aromatic nitrogens is 4. The number of nitrogens with zero attached hydrogens (tertiary/aromatic N) is 3. The second kappa shape index (κ2) is 5.05. The van der Waals surface area contributed by atoms with Crippen LogP contribution < -0.4 is 0 Å². The number of carboxylic acid groups (broad SMARTS) is 1. The Balaban J connectivity index is 2.10. The molecule has 0 aliphatic carbocycles. The van der Waals surface area contributed by atoms with Crippen molar-refractivity contribution in [1.82, 2.24) is 19.7 Å². The van der Waals surface area contributed by atoms with E-state index in [4.69, 9.17) is 5.11 Å². The van der Waals surface area contributed by atoms with Gasteiger partial charge in [-0.15, -0.1) is 0 Å². The molecule has 3 aromatic rings. The number of carbonyl (C=O) groups is 1. The van der Waals surface area contributed by atoms with E-state index >= 15 is 0 Å². The molecule has 0 amide bonds. The molecule has 0 radical (unpaired) electrons. The average Bonchev–Trinajstić information content (AvgIpc) is 3.01. The molecule has 2 N–H and O–H groups in total. The van der Waals surface area contributed by atoms with E-state index in [1.165, 1.54) is 0 Å². The summed E-state index contributed by atoms with van der Waals surface area (Å²) in [6.07, 6.45) is 0.984. The summed E-state index contributed by atoms with van der Waals surface area (Å²) in [4.78, 5) is 18.7. The molecule has 0 saturated carbocycles. The first-order valence-electron chi connectivity index (χ1n) is 6.86. The largest absolute Gasteiger partial charge is 0.478 e. The minimum atomic E-state index is -0.945. The highest BCUT2D eigenvalue weighted by atomic mass is 16.4. The monoisotopic (exact) mass is 284 g/mol. The summed E-state index contributed by atoms with van der Waals surface area (Å²) in [6, 6.07) is 6.85. The summed E-state index contributed by atoms with van der Waals surface area (Å²) in [7, 11) is 0. The number of aryl methyl sites for hydroxylation is 2. The zero-order valence-electron chi connectivity index (χ0n) is 11.9. The first-order valence-corrected chi connectivity index (χ1v) is 6.86. The topological polar surface area (TPSA) is 83.8 Å². The summed E-state index contributed by atoms with van der Waals surface area (Å²) in [6.45, 7) is 4.86. The summed E-state index contributed by atoms with van der Waals surface area (Å²) in [5.41, 5.74) is 3.56. The molecule has 108 valence electrons. The maximum Gasteiger partial charge on any atom is 0.335 e. The van der Waals surface area contributed by atoms with Crippen LogP contribution in [0.15, 0.2) is 24.3 Å². The van der Waals surface area contributed by atoms with Gasteiger partial charge < -0.3 is 10.1 Å². The van der Waals surface area contributed by atoms with Crippen LogP contribution in [0.5, 0.6) is 0 Å². The Morgan fingerprint density at radius 2 is 2.19 bits per heavy atom. The first kappa shape index (κ1) is 13.4. The Bertz CT molecular complexity index is 816. The van der Waals surface area contributed by atoms with Gasteiger partial charge in [0.15, 0.2) is 5.82 Å². The molecule has 0 bridgehead atoms. The predicted octanol–water partition coefficient (Wildman–Crippen LogP) is 2.84. The number of benzene rings is 1. The van der Waals surface area contributed by atoms with Gasteiger partial charge in [-0.2, -0.15) is 5.10 Å². The lowest BCUT2D eigenvalue weighted by Gasteiger charge is -2.02. The summed E-state index contributed by atoms with van der Waals surface area (Å²) in [5.74, 6) is -0.235. The lowest BCUT2D eigenvalue weighted by molar-refractivity contribution is 0.0697. The molecule has 0 atom stereocenters. The smallest absolute Gasteiger partial charge is 0.335 e. The van der Waals surface area contributed by atoms with Gasteiger partial charge in [0, 0.05) is 6.54 Å². The molecule has 2 aromatic heterocycles. The van der Waals surface area contributed by atoms with Crippen molar-refractivity contribution in [3.63, 3.8) is 0 Å². The van der Waals surface area contributed by atoms with Gasteiger partial charge in [0.05, 0.1) is 22.3 Å². The molecule has 0 saturated heterocycles. The van der Waals surface area contributed by atoms with Crippen molar-refractivity contribution < 1.29 is 9.90 Å². The molecule has 6 heteroatoms. The third-order valence-corrected chi connectivity index (χ3v) is 3.31. The minimum absolute atomic E-state index is 0.246. The highest BCUT2D eigenvalue weighted by Crippen LogP contribution is 2.22. The van der Waals surface area contributed by atoms with Crippen LogP contribution in [0.25, 0.3) is 22.6 Å². The molecular weight excluding hydrogens is 268 g/mol. The number of carboxylic acids is 1. The first-order chi connectivity index (χ1) is 10.1. The summed E-state index contributed by atoms with van der Waals surface area (Å²) >= 11 is 0. The lowest BCUT2D eigenvalue weighted by Crippen LogP contribution is -2.02. The number of aromatic amines is 1. The fourth-order valence-corrected chi connectivity index (χ4v) is 2.38. The van der Waals surface area contributed by atoms with Crippen LogP contribution in [-0.2, 0) is 6.54 Å². The fraction of sp³-hybridized carbons (Fsp3) is 0.267. The Kier molecular flexibility index (Phi) is 3.21. The van der Waals surface area contributed by atoms with Crippen LogP contribution in [0.2, 0.25) is 0 Å². The Hall–Kier alpha value is -2.63. The zero-order chi connectivity index (χ0) is 15.0. The Labute approximate surface area is 121 Å². The van der Waals surface area contributed by atoms with Crippen LogP contribution >= 0.6 is 0 Å². The molecule has 0 unspecified atom stereocenters. The number of imidazole rings is 1. The molecule has 0 fully saturated rings. The average molecular weight is 284 g/mol. The zero-order valence-corrected chi connectivity index (χ0v) is 11.9. The van der Waals surface area contributed by atoms with Gasteiger partial charge in [-0.3, -0.25) is 4.68 Å². The van der Waals surface area contributed by atoms with Gasteiger partial charge in [-0.05, 0) is 37.6 Å². The standard InChI is InChI=1S/C15H16N4O2/c1-3-6-19-13(7-9(2)18-19)14-16-11-5-4-10(15(20)21)8-12(11)17-14/h4-5,7-8H,3,6H2,1-2H3,(H,16,17)(H,20,21). The van der Waals surface area contributed by atoms with Crippen molar-refractivity contribution in [3.05, 3.63) is 35.5 Å². The number of fused-ring (bicyclic) bond motifs is 1. The molecule has 1 aromatic carbocycles. The van der Waals surface area contributed by atoms with Gasteiger partial charge in [-0.1, -0.05) is 6.92 Å². The van der Waals surface area contributed by atoms with E-state index in [0.717, 1.165) is 29.9 Å². The second-order valence-electron chi connectivity index (χ2n) is 5.02. The quantitative estimate of drug-likeness (QED) is 0.771. The van der Waals surface area contributed by atoms with Crippen LogP contribution in [0.1, 0.15) is 29.4 Å². The number of hydrogen-bond acceptors (Lipinski definition) is 3.